The van der Waals surface area contributed by atoms with E-state index in [2.05, 4.69) is 19.2 Å². The van der Waals surface area contributed by atoms with Crippen LogP contribution < -0.4 is 10.1 Å². The number of ether oxygens (including phenoxy) is 1. The fourth-order valence-corrected chi connectivity index (χ4v) is 1.84. The van der Waals surface area contributed by atoms with Crippen molar-refractivity contribution in [3.05, 3.63) is 29.8 Å². The third-order valence-corrected chi connectivity index (χ3v) is 3.02. The second kappa shape index (κ2) is 7.82. The number of nitrogens with one attached hydrogen (secondary N) is 1. The van der Waals surface area contributed by atoms with Crippen LogP contribution in [0.2, 0.25) is 0 Å². The number of hydrogen-bond acceptors (Lipinski definition) is 2. The molecular weight excluding hydrogens is 238 g/mol. The topological polar surface area (TPSA) is 38.3 Å². The molecule has 1 unspecified atom stereocenters. The summed E-state index contributed by atoms with van der Waals surface area (Å²) in [6, 6.07) is 7.91. The van der Waals surface area contributed by atoms with Crippen molar-refractivity contribution in [3.8, 4) is 5.75 Å². The molecule has 1 aromatic rings. The van der Waals surface area contributed by atoms with Crippen LogP contribution in [0.5, 0.6) is 5.75 Å². The molecule has 0 aromatic heterocycles. The van der Waals surface area contributed by atoms with Crippen LogP contribution in [0.25, 0.3) is 0 Å². The normalized spacial score (nSPS) is 12.3. The monoisotopic (exact) mass is 263 g/mol. The highest BCUT2D eigenvalue weighted by Gasteiger charge is 2.10. The van der Waals surface area contributed by atoms with E-state index in [1.54, 1.807) is 0 Å². The van der Waals surface area contributed by atoms with Crippen LogP contribution in [0, 0.1) is 5.92 Å². The Morgan fingerprint density at radius 1 is 1.21 bits per heavy atom. The van der Waals surface area contributed by atoms with Gasteiger partial charge < -0.3 is 10.1 Å². The number of rotatable bonds is 7. The average molecular weight is 263 g/mol. The molecule has 1 N–H and O–H groups in total. The lowest BCUT2D eigenvalue weighted by molar-refractivity contribution is -0.122. The molecule has 1 atom stereocenters. The number of carbonyl (C=O) groups excluding carboxylic acids is 1. The highest BCUT2D eigenvalue weighted by molar-refractivity contribution is 5.76. The van der Waals surface area contributed by atoms with Gasteiger partial charge in [0.15, 0.2) is 0 Å². The molecule has 0 aliphatic carbocycles. The second-order valence-electron chi connectivity index (χ2n) is 5.22. The zero-order valence-electron chi connectivity index (χ0n) is 12.4. The maximum Gasteiger partial charge on any atom is 0.220 e. The molecule has 0 bridgehead atoms. The van der Waals surface area contributed by atoms with E-state index in [1.165, 1.54) is 0 Å². The maximum absolute atomic E-state index is 11.8. The van der Waals surface area contributed by atoms with E-state index in [4.69, 9.17) is 4.74 Å². The van der Waals surface area contributed by atoms with Gasteiger partial charge >= 0.3 is 0 Å². The zero-order valence-corrected chi connectivity index (χ0v) is 12.4. The van der Waals surface area contributed by atoms with Crippen LogP contribution in [0.15, 0.2) is 24.3 Å². The Kier molecular flexibility index (Phi) is 6.40. The van der Waals surface area contributed by atoms with Crippen molar-refractivity contribution in [2.75, 3.05) is 6.61 Å². The van der Waals surface area contributed by atoms with Gasteiger partial charge in [0, 0.05) is 6.42 Å². The highest BCUT2D eigenvalue weighted by Crippen LogP contribution is 2.18. The molecule has 3 heteroatoms. The summed E-state index contributed by atoms with van der Waals surface area (Å²) in [5.74, 6) is 1.55. The van der Waals surface area contributed by atoms with Crippen molar-refractivity contribution in [2.24, 2.45) is 5.92 Å². The minimum Gasteiger partial charge on any atom is -0.494 e. The van der Waals surface area contributed by atoms with Gasteiger partial charge in [0.1, 0.15) is 5.75 Å². The molecule has 0 radical (unpaired) electrons. The van der Waals surface area contributed by atoms with Gasteiger partial charge in [0.05, 0.1) is 12.6 Å². The summed E-state index contributed by atoms with van der Waals surface area (Å²) in [6.07, 6.45) is 1.53. The van der Waals surface area contributed by atoms with Crippen LogP contribution in [-0.2, 0) is 4.79 Å². The average Bonchev–Trinajstić information content (AvgIpc) is 2.37. The lowest BCUT2D eigenvalue weighted by atomic mass is 10.1. The molecule has 1 rings (SSSR count). The predicted octanol–water partition coefficient (Wildman–Crippen LogP) is 3.70. The molecule has 0 spiro atoms. The Morgan fingerprint density at radius 3 is 2.37 bits per heavy atom. The molecule has 1 aromatic carbocycles. The van der Waals surface area contributed by atoms with Gasteiger partial charge in [-0.1, -0.05) is 26.0 Å². The summed E-state index contributed by atoms with van der Waals surface area (Å²) in [4.78, 5) is 11.8. The minimum absolute atomic E-state index is 0.0374. The van der Waals surface area contributed by atoms with Gasteiger partial charge in [-0.05, 0) is 43.9 Å². The Morgan fingerprint density at radius 2 is 1.84 bits per heavy atom. The number of hydrogen-bond donors (Lipinski definition) is 1. The Balaban J connectivity index is 2.48. The number of amides is 1. The van der Waals surface area contributed by atoms with Gasteiger partial charge in [-0.25, -0.2) is 0 Å². The minimum atomic E-state index is 0.0374. The smallest absolute Gasteiger partial charge is 0.220 e. The molecule has 3 nitrogen and oxygen atoms in total. The van der Waals surface area contributed by atoms with Crippen molar-refractivity contribution >= 4 is 5.91 Å². The molecular formula is C16H25NO2. The summed E-state index contributed by atoms with van der Waals surface area (Å²) in [5, 5.41) is 3.02. The van der Waals surface area contributed by atoms with E-state index in [0.29, 0.717) is 18.9 Å². The third kappa shape index (κ3) is 5.77. The fraction of sp³-hybridized carbons (Fsp3) is 0.562. The van der Waals surface area contributed by atoms with Gasteiger partial charge in [-0.2, -0.15) is 0 Å². The van der Waals surface area contributed by atoms with Crippen molar-refractivity contribution in [1.29, 1.82) is 0 Å². The number of benzene rings is 1. The largest absolute Gasteiger partial charge is 0.494 e. The standard InChI is InChI=1S/C16H25NO2/c1-5-19-15-9-7-14(8-10-15)13(4)17-16(18)11-6-12(2)3/h7-10,12-13H,5-6,11H2,1-4H3,(H,17,18). The molecule has 0 aliphatic rings. The van der Waals surface area contributed by atoms with Crippen LogP contribution >= 0.6 is 0 Å². The first-order valence-electron chi connectivity index (χ1n) is 7.05. The molecule has 0 saturated heterocycles. The van der Waals surface area contributed by atoms with Gasteiger partial charge in [0.25, 0.3) is 0 Å². The molecule has 0 fully saturated rings. The van der Waals surface area contributed by atoms with Crippen molar-refractivity contribution in [2.45, 2.75) is 46.6 Å². The molecule has 0 aliphatic heterocycles. The van der Waals surface area contributed by atoms with E-state index < -0.39 is 0 Å². The van der Waals surface area contributed by atoms with E-state index in [1.807, 2.05) is 38.1 Å². The van der Waals surface area contributed by atoms with Crippen LogP contribution in [0.3, 0.4) is 0 Å². The third-order valence-electron chi connectivity index (χ3n) is 3.02. The van der Waals surface area contributed by atoms with Gasteiger partial charge in [0.2, 0.25) is 5.91 Å². The second-order valence-corrected chi connectivity index (χ2v) is 5.22. The van der Waals surface area contributed by atoms with Crippen LogP contribution in [-0.4, -0.2) is 12.5 Å². The Hall–Kier alpha value is -1.51. The molecule has 0 saturated carbocycles. The summed E-state index contributed by atoms with van der Waals surface area (Å²) in [7, 11) is 0. The fourth-order valence-electron chi connectivity index (χ4n) is 1.84. The van der Waals surface area contributed by atoms with E-state index >= 15 is 0 Å². The lowest BCUT2D eigenvalue weighted by Gasteiger charge is -2.15. The van der Waals surface area contributed by atoms with Crippen LogP contribution in [0.1, 0.15) is 52.1 Å². The summed E-state index contributed by atoms with van der Waals surface area (Å²) in [5.41, 5.74) is 1.10. The van der Waals surface area contributed by atoms with Crippen molar-refractivity contribution in [3.63, 3.8) is 0 Å². The first-order chi connectivity index (χ1) is 9.02. The van der Waals surface area contributed by atoms with Crippen molar-refractivity contribution in [1.82, 2.24) is 5.32 Å². The highest BCUT2D eigenvalue weighted by atomic mass is 16.5. The predicted molar refractivity (Wildman–Crippen MR) is 78.2 cm³/mol. The number of carbonyl (C=O) groups is 1. The van der Waals surface area contributed by atoms with Gasteiger partial charge in [-0.3, -0.25) is 4.79 Å². The van der Waals surface area contributed by atoms with E-state index in [0.717, 1.165) is 17.7 Å². The summed E-state index contributed by atoms with van der Waals surface area (Å²) < 4.78 is 5.40. The summed E-state index contributed by atoms with van der Waals surface area (Å²) in [6.45, 7) is 8.89. The molecule has 0 heterocycles. The Bertz CT molecular complexity index is 384. The Labute approximate surface area is 116 Å². The SMILES string of the molecule is CCOc1ccc(C(C)NC(=O)CCC(C)C)cc1. The molecule has 1 amide bonds. The first-order valence-corrected chi connectivity index (χ1v) is 7.05. The molecule has 19 heavy (non-hydrogen) atoms. The summed E-state index contributed by atoms with van der Waals surface area (Å²) >= 11 is 0. The van der Waals surface area contributed by atoms with Crippen molar-refractivity contribution < 1.29 is 9.53 Å². The van der Waals surface area contributed by atoms with Crippen LogP contribution in [0.4, 0.5) is 0 Å². The maximum atomic E-state index is 11.8. The van der Waals surface area contributed by atoms with E-state index in [9.17, 15) is 4.79 Å². The quantitative estimate of drug-likeness (QED) is 0.814. The van der Waals surface area contributed by atoms with Gasteiger partial charge in [-0.15, -0.1) is 0 Å². The first kappa shape index (κ1) is 15.5. The van der Waals surface area contributed by atoms with E-state index in [-0.39, 0.29) is 11.9 Å². The molecule has 106 valence electrons. The lowest BCUT2D eigenvalue weighted by Crippen LogP contribution is -2.26. The zero-order chi connectivity index (χ0) is 14.3.